The Morgan fingerprint density at radius 3 is 2.73 bits per heavy atom. The van der Waals surface area contributed by atoms with Crippen molar-refractivity contribution in [1.29, 1.82) is 0 Å². The number of carbonyl (C=O) groups excluding carboxylic acids is 1. The smallest absolute Gasteiger partial charge is 0.134 e. The van der Waals surface area contributed by atoms with E-state index in [1.165, 1.54) is 0 Å². The van der Waals surface area contributed by atoms with Gasteiger partial charge < -0.3 is 4.57 Å². The zero-order chi connectivity index (χ0) is 8.43. The average Bonchev–Trinajstić information content (AvgIpc) is 2.10. The molecule has 0 radical (unpaired) electrons. The Morgan fingerprint density at radius 2 is 2.36 bits per heavy atom. The molecule has 60 valence electrons. The van der Waals surface area contributed by atoms with Crippen molar-refractivity contribution < 1.29 is 4.79 Å². The van der Waals surface area contributed by atoms with Gasteiger partial charge in [-0.05, 0) is 34.5 Å². The standard InChI is InChI=1S/C8H10BrNO/c1-6(11)3-7-4-8(9)10(2)5-7/h4-5H,3H2,1-2H3. The molecule has 0 N–H and O–H groups in total. The predicted octanol–water partition coefficient (Wildman–Crippen LogP) is 1.92. The van der Waals surface area contributed by atoms with Gasteiger partial charge in [0.15, 0.2) is 0 Å². The number of nitrogens with zero attached hydrogens (tertiary/aromatic N) is 1. The molecule has 11 heavy (non-hydrogen) atoms. The van der Waals surface area contributed by atoms with Crippen LogP contribution in [0, 0.1) is 0 Å². The maximum Gasteiger partial charge on any atom is 0.134 e. The minimum Gasteiger partial charge on any atom is -0.345 e. The third kappa shape index (κ3) is 2.19. The lowest BCUT2D eigenvalue weighted by Crippen LogP contribution is -1.94. The highest BCUT2D eigenvalue weighted by Gasteiger charge is 2.01. The molecule has 1 heterocycles. The summed E-state index contributed by atoms with van der Waals surface area (Å²) >= 11 is 3.36. The summed E-state index contributed by atoms with van der Waals surface area (Å²) < 4.78 is 2.95. The highest BCUT2D eigenvalue weighted by molar-refractivity contribution is 9.10. The van der Waals surface area contributed by atoms with Crippen LogP contribution in [0.4, 0.5) is 0 Å². The van der Waals surface area contributed by atoms with Crippen molar-refractivity contribution in [2.24, 2.45) is 7.05 Å². The Kier molecular flexibility index (Phi) is 2.49. The van der Waals surface area contributed by atoms with Crippen molar-refractivity contribution >= 4 is 21.7 Å². The number of hydrogen-bond donors (Lipinski definition) is 0. The van der Waals surface area contributed by atoms with E-state index < -0.39 is 0 Å². The zero-order valence-electron chi connectivity index (χ0n) is 6.60. The number of carbonyl (C=O) groups is 1. The molecule has 0 saturated heterocycles. The number of aryl methyl sites for hydroxylation is 1. The highest BCUT2D eigenvalue weighted by atomic mass is 79.9. The topological polar surface area (TPSA) is 22.0 Å². The summed E-state index contributed by atoms with van der Waals surface area (Å²) in [6.07, 6.45) is 2.48. The van der Waals surface area contributed by atoms with Crippen LogP contribution in [0.5, 0.6) is 0 Å². The first-order valence-electron chi connectivity index (χ1n) is 3.40. The zero-order valence-corrected chi connectivity index (χ0v) is 8.18. The molecule has 0 aliphatic carbocycles. The summed E-state index contributed by atoms with van der Waals surface area (Å²) in [4.78, 5) is 10.7. The van der Waals surface area contributed by atoms with Crippen LogP contribution in [0.2, 0.25) is 0 Å². The third-order valence-corrected chi connectivity index (χ3v) is 2.24. The van der Waals surface area contributed by atoms with Gasteiger partial charge in [-0.2, -0.15) is 0 Å². The van der Waals surface area contributed by atoms with Gasteiger partial charge in [0.05, 0.1) is 4.60 Å². The fraction of sp³-hybridized carbons (Fsp3) is 0.375. The first-order valence-corrected chi connectivity index (χ1v) is 4.19. The van der Waals surface area contributed by atoms with Crippen LogP contribution in [-0.2, 0) is 18.3 Å². The second kappa shape index (κ2) is 3.22. The number of ketones is 1. The minimum absolute atomic E-state index is 0.197. The summed E-state index contributed by atoms with van der Waals surface area (Å²) in [5.74, 6) is 0.197. The van der Waals surface area contributed by atoms with E-state index in [9.17, 15) is 4.79 Å². The molecule has 0 unspecified atom stereocenters. The van der Waals surface area contributed by atoms with E-state index in [2.05, 4.69) is 15.9 Å². The van der Waals surface area contributed by atoms with E-state index in [1.54, 1.807) is 6.92 Å². The lowest BCUT2D eigenvalue weighted by molar-refractivity contribution is -0.116. The molecule has 0 fully saturated rings. The van der Waals surface area contributed by atoms with Crippen molar-refractivity contribution in [3.8, 4) is 0 Å². The predicted molar refractivity (Wildman–Crippen MR) is 47.5 cm³/mol. The van der Waals surface area contributed by atoms with Gasteiger partial charge in [-0.3, -0.25) is 4.79 Å². The number of hydrogen-bond acceptors (Lipinski definition) is 1. The first-order chi connectivity index (χ1) is 5.09. The van der Waals surface area contributed by atoms with Gasteiger partial charge in [0.1, 0.15) is 5.78 Å². The summed E-state index contributed by atoms with van der Waals surface area (Å²) in [7, 11) is 1.94. The van der Waals surface area contributed by atoms with E-state index in [4.69, 9.17) is 0 Å². The van der Waals surface area contributed by atoms with Gasteiger partial charge in [-0.25, -0.2) is 0 Å². The number of halogens is 1. The van der Waals surface area contributed by atoms with Gasteiger partial charge in [0, 0.05) is 19.7 Å². The lowest BCUT2D eigenvalue weighted by Gasteiger charge is -1.89. The molecule has 0 aliphatic rings. The first kappa shape index (κ1) is 8.53. The van der Waals surface area contributed by atoms with Crippen LogP contribution in [0.3, 0.4) is 0 Å². The van der Waals surface area contributed by atoms with Gasteiger partial charge in [0.2, 0.25) is 0 Å². The molecule has 1 aromatic rings. The average molecular weight is 216 g/mol. The Balaban J connectivity index is 2.81. The summed E-state index contributed by atoms with van der Waals surface area (Å²) in [6, 6.07) is 1.96. The Morgan fingerprint density at radius 1 is 1.73 bits per heavy atom. The maximum atomic E-state index is 10.7. The van der Waals surface area contributed by atoms with Crippen LogP contribution in [0.1, 0.15) is 12.5 Å². The third-order valence-electron chi connectivity index (χ3n) is 1.45. The SMILES string of the molecule is CC(=O)Cc1cc(Br)n(C)c1. The van der Waals surface area contributed by atoms with E-state index in [-0.39, 0.29) is 5.78 Å². The monoisotopic (exact) mass is 215 g/mol. The highest BCUT2D eigenvalue weighted by Crippen LogP contribution is 2.13. The molecule has 0 amide bonds. The molecular weight excluding hydrogens is 206 g/mol. The molecule has 3 heteroatoms. The Bertz CT molecular complexity index is 258. The summed E-state index contributed by atoms with van der Waals surface area (Å²) in [6.45, 7) is 1.60. The second-order valence-electron chi connectivity index (χ2n) is 2.66. The Labute approximate surface area is 74.3 Å². The lowest BCUT2D eigenvalue weighted by atomic mass is 10.2. The number of aromatic nitrogens is 1. The van der Waals surface area contributed by atoms with Crippen molar-refractivity contribution in [3.05, 3.63) is 22.4 Å². The van der Waals surface area contributed by atoms with Crippen molar-refractivity contribution in [3.63, 3.8) is 0 Å². The normalized spacial score (nSPS) is 10.1. The largest absolute Gasteiger partial charge is 0.345 e. The van der Waals surface area contributed by atoms with E-state index in [1.807, 2.05) is 23.9 Å². The van der Waals surface area contributed by atoms with E-state index >= 15 is 0 Å². The molecule has 2 nitrogen and oxygen atoms in total. The second-order valence-corrected chi connectivity index (χ2v) is 3.47. The summed E-state index contributed by atoms with van der Waals surface area (Å²) in [5.41, 5.74) is 1.06. The summed E-state index contributed by atoms with van der Waals surface area (Å²) in [5, 5.41) is 0. The van der Waals surface area contributed by atoms with Gasteiger partial charge in [0.25, 0.3) is 0 Å². The minimum atomic E-state index is 0.197. The van der Waals surface area contributed by atoms with E-state index in [0.29, 0.717) is 6.42 Å². The molecule has 0 aliphatic heterocycles. The maximum absolute atomic E-state index is 10.7. The van der Waals surface area contributed by atoms with Gasteiger partial charge in [-0.15, -0.1) is 0 Å². The number of Topliss-reactive ketones (excluding diaryl/α,β-unsaturated/α-hetero) is 1. The number of rotatable bonds is 2. The Hall–Kier alpha value is -0.570. The van der Waals surface area contributed by atoms with Crippen molar-refractivity contribution in [1.82, 2.24) is 4.57 Å². The molecular formula is C8H10BrNO. The van der Waals surface area contributed by atoms with Crippen LogP contribution < -0.4 is 0 Å². The van der Waals surface area contributed by atoms with Crippen molar-refractivity contribution in [2.75, 3.05) is 0 Å². The van der Waals surface area contributed by atoms with Crippen LogP contribution in [0.25, 0.3) is 0 Å². The fourth-order valence-corrected chi connectivity index (χ4v) is 1.38. The molecule has 0 saturated carbocycles. The fourth-order valence-electron chi connectivity index (χ4n) is 0.987. The van der Waals surface area contributed by atoms with Crippen LogP contribution in [0.15, 0.2) is 16.9 Å². The molecule has 0 bridgehead atoms. The van der Waals surface area contributed by atoms with Crippen LogP contribution >= 0.6 is 15.9 Å². The molecule has 0 aromatic carbocycles. The molecule has 0 spiro atoms. The van der Waals surface area contributed by atoms with Gasteiger partial charge in [-0.1, -0.05) is 0 Å². The van der Waals surface area contributed by atoms with Crippen molar-refractivity contribution in [2.45, 2.75) is 13.3 Å². The quantitative estimate of drug-likeness (QED) is 0.740. The molecule has 0 atom stereocenters. The van der Waals surface area contributed by atoms with E-state index in [0.717, 1.165) is 10.2 Å². The molecule has 1 aromatic heterocycles. The van der Waals surface area contributed by atoms with Gasteiger partial charge >= 0.3 is 0 Å². The molecule has 1 rings (SSSR count). The van der Waals surface area contributed by atoms with Crippen LogP contribution in [-0.4, -0.2) is 10.4 Å².